The molecule has 0 aliphatic rings. The predicted molar refractivity (Wildman–Crippen MR) is 77.3 cm³/mol. The number of thiazole rings is 1. The molecule has 1 atom stereocenters. The van der Waals surface area contributed by atoms with Crippen molar-refractivity contribution < 1.29 is 13.2 Å². The maximum Gasteiger partial charge on any atom is 0.389 e. The second kappa shape index (κ2) is 5.99. The van der Waals surface area contributed by atoms with Crippen LogP contribution < -0.4 is 5.32 Å². The molecule has 2 nitrogen and oxygen atoms in total. The molecule has 0 bridgehead atoms. The summed E-state index contributed by atoms with van der Waals surface area (Å²) in [4.78, 5) is 4.38. The molecule has 1 aromatic heterocycles. The van der Waals surface area contributed by atoms with E-state index in [1.54, 1.807) is 11.3 Å². The van der Waals surface area contributed by atoms with Gasteiger partial charge in [-0.15, -0.1) is 11.3 Å². The first-order chi connectivity index (χ1) is 9.33. The highest BCUT2D eigenvalue weighted by molar-refractivity contribution is 7.18. The number of nitrogens with one attached hydrogen (secondary N) is 1. The predicted octanol–water partition coefficient (Wildman–Crippen LogP) is 5.14. The number of aromatic nitrogens is 1. The zero-order valence-electron chi connectivity index (χ0n) is 11.4. The second-order valence-electron chi connectivity index (χ2n) is 4.97. The van der Waals surface area contributed by atoms with Crippen LogP contribution in [0.25, 0.3) is 10.2 Å². The topological polar surface area (TPSA) is 24.9 Å². The highest BCUT2D eigenvalue weighted by atomic mass is 32.1. The average molecular weight is 302 g/mol. The fraction of sp³-hybridized carbons (Fsp3) is 0.500. The van der Waals surface area contributed by atoms with E-state index in [0.29, 0.717) is 6.42 Å². The smallest absolute Gasteiger partial charge is 0.383 e. The molecule has 0 aliphatic carbocycles. The molecule has 1 heterocycles. The normalized spacial score (nSPS) is 13.7. The van der Waals surface area contributed by atoms with Crippen LogP contribution in [0.5, 0.6) is 0 Å². The Hall–Kier alpha value is -1.30. The molecule has 2 rings (SSSR count). The van der Waals surface area contributed by atoms with Crippen molar-refractivity contribution >= 4 is 27.2 Å². The maximum atomic E-state index is 12.1. The van der Waals surface area contributed by atoms with E-state index in [9.17, 15) is 13.2 Å². The van der Waals surface area contributed by atoms with E-state index in [-0.39, 0.29) is 12.5 Å². The monoisotopic (exact) mass is 302 g/mol. The molecule has 1 aromatic carbocycles. The molecule has 0 amide bonds. The number of alkyl halides is 3. The lowest BCUT2D eigenvalue weighted by atomic mass is 10.1. The van der Waals surface area contributed by atoms with Crippen molar-refractivity contribution in [3.8, 4) is 0 Å². The van der Waals surface area contributed by atoms with E-state index in [0.717, 1.165) is 20.9 Å². The summed E-state index contributed by atoms with van der Waals surface area (Å²) in [6.07, 6.45) is -4.12. The van der Waals surface area contributed by atoms with E-state index in [1.165, 1.54) is 0 Å². The third kappa shape index (κ3) is 4.37. The third-order valence-corrected chi connectivity index (χ3v) is 3.94. The number of aryl methyl sites for hydroxylation is 1. The van der Waals surface area contributed by atoms with Crippen molar-refractivity contribution in [3.05, 3.63) is 23.2 Å². The first-order valence-electron chi connectivity index (χ1n) is 6.54. The average Bonchev–Trinajstić information content (AvgIpc) is 2.66. The second-order valence-corrected chi connectivity index (χ2v) is 6.20. The van der Waals surface area contributed by atoms with Gasteiger partial charge in [0.2, 0.25) is 0 Å². The fourth-order valence-electron chi connectivity index (χ4n) is 2.09. The van der Waals surface area contributed by atoms with Crippen LogP contribution in [0.3, 0.4) is 0 Å². The minimum atomic E-state index is -4.06. The Balaban J connectivity index is 1.90. The number of nitrogens with zero attached hydrogens (tertiary/aromatic N) is 1. The van der Waals surface area contributed by atoms with Crippen molar-refractivity contribution in [2.24, 2.45) is 0 Å². The van der Waals surface area contributed by atoms with Crippen LogP contribution in [0.2, 0.25) is 0 Å². The summed E-state index contributed by atoms with van der Waals surface area (Å²) in [6, 6.07) is 5.87. The number of hydrogen-bond acceptors (Lipinski definition) is 3. The summed E-state index contributed by atoms with van der Waals surface area (Å²) < 4.78 is 37.3. The fourth-order valence-corrected chi connectivity index (χ4v) is 2.96. The van der Waals surface area contributed by atoms with E-state index in [1.807, 2.05) is 32.0 Å². The molecule has 0 saturated carbocycles. The lowest BCUT2D eigenvalue weighted by Gasteiger charge is -2.15. The minimum absolute atomic E-state index is 0.0174. The lowest BCUT2D eigenvalue weighted by molar-refractivity contribution is -0.135. The number of anilines is 1. The van der Waals surface area contributed by atoms with Crippen LogP contribution in [0, 0.1) is 6.92 Å². The SMILES string of the molecule is Cc1nc2ccc(NC(C)CCCC(F)(F)F)cc2s1. The molecule has 110 valence electrons. The van der Waals surface area contributed by atoms with Crippen molar-refractivity contribution in [3.63, 3.8) is 0 Å². The van der Waals surface area contributed by atoms with Crippen molar-refractivity contribution in [1.29, 1.82) is 0 Å². The van der Waals surface area contributed by atoms with Crippen LogP contribution in [0.15, 0.2) is 18.2 Å². The minimum Gasteiger partial charge on any atom is -0.383 e. The van der Waals surface area contributed by atoms with E-state index in [2.05, 4.69) is 10.3 Å². The van der Waals surface area contributed by atoms with Gasteiger partial charge in [0.15, 0.2) is 0 Å². The van der Waals surface area contributed by atoms with Crippen molar-refractivity contribution in [1.82, 2.24) is 4.98 Å². The number of fused-ring (bicyclic) bond motifs is 1. The first kappa shape index (κ1) is 15.1. The van der Waals surface area contributed by atoms with Crippen LogP contribution in [0.4, 0.5) is 18.9 Å². The molecule has 1 N–H and O–H groups in total. The maximum absolute atomic E-state index is 12.1. The Morgan fingerprint density at radius 3 is 2.80 bits per heavy atom. The zero-order valence-corrected chi connectivity index (χ0v) is 12.2. The number of halogens is 3. The van der Waals surface area contributed by atoms with Gasteiger partial charge in [0.1, 0.15) is 0 Å². The van der Waals surface area contributed by atoms with Gasteiger partial charge in [-0.1, -0.05) is 0 Å². The summed E-state index contributed by atoms with van der Waals surface area (Å²) in [5.74, 6) is 0. The summed E-state index contributed by atoms with van der Waals surface area (Å²) in [5.41, 5.74) is 1.89. The Kier molecular flexibility index (Phi) is 4.52. The largest absolute Gasteiger partial charge is 0.389 e. The molecule has 0 saturated heterocycles. The van der Waals surface area contributed by atoms with Gasteiger partial charge in [-0.25, -0.2) is 4.98 Å². The van der Waals surface area contributed by atoms with Crippen molar-refractivity contribution in [2.75, 3.05) is 5.32 Å². The van der Waals surface area contributed by atoms with Gasteiger partial charge in [-0.3, -0.25) is 0 Å². The Morgan fingerprint density at radius 2 is 2.10 bits per heavy atom. The van der Waals surface area contributed by atoms with Gasteiger partial charge in [0, 0.05) is 18.2 Å². The molecule has 6 heteroatoms. The van der Waals surface area contributed by atoms with E-state index in [4.69, 9.17) is 0 Å². The van der Waals surface area contributed by atoms with E-state index < -0.39 is 12.6 Å². The zero-order chi connectivity index (χ0) is 14.8. The van der Waals surface area contributed by atoms with Gasteiger partial charge in [0.05, 0.1) is 15.2 Å². The van der Waals surface area contributed by atoms with Gasteiger partial charge in [-0.05, 0) is 44.9 Å². The van der Waals surface area contributed by atoms with Gasteiger partial charge < -0.3 is 5.32 Å². The molecule has 20 heavy (non-hydrogen) atoms. The molecular formula is C14H17F3N2S. The summed E-state index contributed by atoms with van der Waals surface area (Å²) >= 11 is 1.61. The summed E-state index contributed by atoms with van der Waals surface area (Å²) in [7, 11) is 0. The lowest BCUT2D eigenvalue weighted by Crippen LogP contribution is -2.16. The molecule has 0 aliphatic heterocycles. The highest BCUT2D eigenvalue weighted by Gasteiger charge is 2.26. The van der Waals surface area contributed by atoms with Crippen LogP contribution >= 0.6 is 11.3 Å². The van der Waals surface area contributed by atoms with E-state index >= 15 is 0 Å². The van der Waals surface area contributed by atoms with Crippen LogP contribution in [-0.4, -0.2) is 17.2 Å². The number of hydrogen-bond donors (Lipinski definition) is 1. The third-order valence-electron chi connectivity index (χ3n) is 3.01. The Bertz CT molecular complexity index is 577. The first-order valence-corrected chi connectivity index (χ1v) is 7.35. The molecule has 0 radical (unpaired) electrons. The molecule has 0 spiro atoms. The van der Waals surface area contributed by atoms with Crippen LogP contribution in [0.1, 0.15) is 31.2 Å². The molecular weight excluding hydrogens is 285 g/mol. The number of rotatable bonds is 5. The van der Waals surface area contributed by atoms with Gasteiger partial charge >= 0.3 is 6.18 Å². The van der Waals surface area contributed by atoms with Gasteiger partial charge in [-0.2, -0.15) is 13.2 Å². The molecule has 0 fully saturated rings. The van der Waals surface area contributed by atoms with Crippen molar-refractivity contribution in [2.45, 2.75) is 45.3 Å². The molecule has 1 unspecified atom stereocenters. The van der Waals surface area contributed by atoms with Gasteiger partial charge in [0.25, 0.3) is 0 Å². The standard InChI is InChI=1S/C14H17F3N2S/c1-9(4-3-7-14(15,16)17)18-11-5-6-12-13(8-11)20-10(2)19-12/h5-6,8-9,18H,3-4,7H2,1-2H3. The Labute approximate surface area is 120 Å². The number of benzene rings is 1. The van der Waals surface area contributed by atoms with Crippen LogP contribution in [-0.2, 0) is 0 Å². The highest BCUT2D eigenvalue weighted by Crippen LogP contribution is 2.26. The summed E-state index contributed by atoms with van der Waals surface area (Å²) in [5, 5.41) is 4.25. The quantitative estimate of drug-likeness (QED) is 0.827. The molecule has 2 aromatic rings. The summed E-state index contributed by atoms with van der Waals surface area (Å²) in [6.45, 7) is 3.86. The Morgan fingerprint density at radius 1 is 1.35 bits per heavy atom.